The highest BCUT2D eigenvalue weighted by molar-refractivity contribution is 7.17. The van der Waals surface area contributed by atoms with E-state index in [4.69, 9.17) is 4.98 Å². The quantitative estimate of drug-likeness (QED) is 0.452. The van der Waals surface area contributed by atoms with E-state index in [9.17, 15) is 4.79 Å². The van der Waals surface area contributed by atoms with Crippen molar-refractivity contribution in [3.63, 3.8) is 0 Å². The molecule has 2 aromatic carbocycles. The lowest BCUT2D eigenvalue weighted by molar-refractivity contribution is 0.103. The number of amides is 1. The number of benzene rings is 2. The maximum atomic E-state index is 12.8. The Kier molecular flexibility index (Phi) is 5.01. The molecule has 0 bridgehead atoms. The van der Waals surface area contributed by atoms with Gasteiger partial charge in [0.05, 0.1) is 20.8 Å². The summed E-state index contributed by atoms with van der Waals surface area (Å²) in [5.41, 5.74) is 5.16. The second kappa shape index (κ2) is 7.60. The van der Waals surface area contributed by atoms with Crippen LogP contribution in [0, 0.1) is 13.8 Å². The largest absolute Gasteiger partial charge is 0.323 e. The molecule has 0 saturated heterocycles. The fourth-order valence-corrected chi connectivity index (χ4v) is 4.25. The normalized spacial score (nSPS) is 11.1. The third kappa shape index (κ3) is 3.45. The summed E-state index contributed by atoms with van der Waals surface area (Å²) >= 11 is 1.48. The van der Waals surface area contributed by atoms with Gasteiger partial charge in [0.1, 0.15) is 0 Å². The van der Waals surface area contributed by atoms with Crippen molar-refractivity contribution in [1.29, 1.82) is 0 Å². The van der Waals surface area contributed by atoms with Crippen LogP contribution in [0.2, 0.25) is 0 Å². The van der Waals surface area contributed by atoms with Crippen molar-refractivity contribution in [1.82, 2.24) is 9.55 Å². The van der Waals surface area contributed by atoms with Crippen LogP contribution in [0.25, 0.3) is 21.7 Å². The van der Waals surface area contributed by atoms with E-state index in [0.29, 0.717) is 4.88 Å². The number of nitrogens with zero attached hydrogens (tertiary/aromatic N) is 2. The van der Waals surface area contributed by atoms with Crippen LogP contribution in [-0.4, -0.2) is 15.5 Å². The van der Waals surface area contributed by atoms with Crippen LogP contribution in [0.5, 0.6) is 0 Å². The number of carbonyl (C=O) groups excluding carboxylic acids is 1. The average molecular weight is 390 g/mol. The zero-order valence-electron chi connectivity index (χ0n) is 16.3. The molecular formula is C23H23N3OS. The first-order valence-corrected chi connectivity index (χ1v) is 10.3. The van der Waals surface area contributed by atoms with Gasteiger partial charge >= 0.3 is 0 Å². The van der Waals surface area contributed by atoms with Crippen molar-refractivity contribution < 1.29 is 4.79 Å². The molecule has 0 radical (unpaired) electrons. The van der Waals surface area contributed by atoms with Crippen LogP contribution in [0.1, 0.15) is 34.1 Å². The van der Waals surface area contributed by atoms with Crippen LogP contribution in [0.4, 0.5) is 5.69 Å². The van der Waals surface area contributed by atoms with Gasteiger partial charge < -0.3 is 9.88 Å². The summed E-state index contributed by atoms with van der Waals surface area (Å²) in [6.45, 7) is 7.09. The summed E-state index contributed by atoms with van der Waals surface area (Å²) in [4.78, 5) is 19.3. The van der Waals surface area contributed by atoms with Crippen molar-refractivity contribution >= 4 is 34.0 Å². The van der Waals surface area contributed by atoms with Gasteiger partial charge in [0.2, 0.25) is 0 Å². The number of nitrogens with one attached hydrogen (secondary N) is 1. The number of imidazole rings is 1. The number of para-hydroxylation sites is 2. The third-order valence-corrected chi connectivity index (χ3v) is 5.87. The van der Waals surface area contributed by atoms with E-state index in [1.54, 1.807) is 0 Å². The number of hydrogen-bond donors (Lipinski definition) is 1. The Labute approximate surface area is 168 Å². The second-order valence-electron chi connectivity index (χ2n) is 7.01. The highest BCUT2D eigenvalue weighted by atomic mass is 32.1. The monoisotopic (exact) mass is 389 g/mol. The number of aryl methyl sites for hydroxylation is 3. The molecule has 0 fully saturated rings. The molecular weight excluding hydrogens is 366 g/mol. The SMILES string of the molecule is CCCn1c(-c2ccc(C(=O)Nc3cc(C)ccc3C)s2)nc2ccccc21. The summed E-state index contributed by atoms with van der Waals surface area (Å²) in [7, 11) is 0. The van der Waals surface area contributed by atoms with Gasteiger partial charge in [-0.1, -0.05) is 31.2 Å². The van der Waals surface area contributed by atoms with Gasteiger partial charge in [-0.3, -0.25) is 4.79 Å². The van der Waals surface area contributed by atoms with Crippen LogP contribution in [0.15, 0.2) is 54.6 Å². The Balaban J connectivity index is 1.66. The van der Waals surface area contributed by atoms with Crippen molar-refractivity contribution in [3.05, 3.63) is 70.6 Å². The van der Waals surface area contributed by atoms with Crippen LogP contribution in [-0.2, 0) is 6.54 Å². The molecule has 2 aromatic heterocycles. The van der Waals surface area contributed by atoms with Crippen LogP contribution >= 0.6 is 11.3 Å². The smallest absolute Gasteiger partial charge is 0.265 e. The first-order chi connectivity index (χ1) is 13.6. The lowest BCUT2D eigenvalue weighted by Gasteiger charge is -2.08. The molecule has 142 valence electrons. The maximum absolute atomic E-state index is 12.8. The molecule has 4 aromatic rings. The molecule has 0 spiro atoms. The van der Waals surface area contributed by atoms with Crippen molar-refractivity contribution in [2.45, 2.75) is 33.7 Å². The third-order valence-electron chi connectivity index (χ3n) is 4.79. The number of carbonyl (C=O) groups is 1. The number of rotatable bonds is 5. The van der Waals surface area contributed by atoms with Gasteiger partial charge in [-0.25, -0.2) is 4.98 Å². The lowest BCUT2D eigenvalue weighted by Crippen LogP contribution is -2.11. The van der Waals surface area contributed by atoms with E-state index in [0.717, 1.165) is 51.5 Å². The Morgan fingerprint density at radius 3 is 2.75 bits per heavy atom. The van der Waals surface area contributed by atoms with Gasteiger partial charge in [0.25, 0.3) is 5.91 Å². The molecule has 28 heavy (non-hydrogen) atoms. The first kappa shape index (κ1) is 18.4. The van der Waals surface area contributed by atoms with E-state index >= 15 is 0 Å². The summed E-state index contributed by atoms with van der Waals surface area (Å²) in [5, 5.41) is 3.04. The Hall–Kier alpha value is -2.92. The predicted molar refractivity (Wildman–Crippen MR) is 117 cm³/mol. The van der Waals surface area contributed by atoms with Crippen molar-refractivity contribution in [2.75, 3.05) is 5.32 Å². The predicted octanol–water partition coefficient (Wildman–Crippen LogP) is 6.04. The van der Waals surface area contributed by atoms with Gasteiger partial charge in [0, 0.05) is 12.2 Å². The second-order valence-corrected chi connectivity index (χ2v) is 8.10. The highest BCUT2D eigenvalue weighted by Crippen LogP contribution is 2.31. The van der Waals surface area contributed by atoms with Gasteiger partial charge in [-0.05, 0) is 61.7 Å². The number of aromatic nitrogens is 2. The molecule has 5 heteroatoms. The molecule has 0 aliphatic carbocycles. The van der Waals surface area contributed by atoms with E-state index in [1.165, 1.54) is 11.3 Å². The Morgan fingerprint density at radius 2 is 1.93 bits per heavy atom. The minimum absolute atomic E-state index is 0.0805. The summed E-state index contributed by atoms with van der Waals surface area (Å²) in [5.74, 6) is 0.849. The standard InChI is InChI=1S/C23H23N3OS/c1-4-13-26-19-8-6-5-7-17(19)24-22(26)20-11-12-21(28-20)23(27)25-18-14-15(2)9-10-16(18)3/h5-12,14H,4,13H2,1-3H3,(H,25,27). The molecule has 2 heterocycles. The van der Waals surface area contributed by atoms with Gasteiger partial charge in [-0.15, -0.1) is 11.3 Å². The first-order valence-electron chi connectivity index (χ1n) is 9.51. The fraction of sp³-hybridized carbons (Fsp3) is 0.217. The van der Waals surface area contributed by atoms with E-state index in [1.807, 2.05) is 62.4 Å². The number of hydrogen-bond acceptors (Lipinski definition) is 3. The molecule has 0 saturated carbocycles. The number of anilines is 1. The minimum Gasteiger partial charge on any atom is -0.323 e. The number of fused-ring (bicyclic) bond motifs is 1. The minimum atomic E-state index is -0.0805. The lowest BCUT2D eigenvalue weighted by atomic mass is 10.1. The van der Waals surface area contributed by atoms with Crippen LogP contribution < -0.4 is 5.32 Å². The molecule has 1 amide bonds. The number of thiophene rings is 1. The molecule has 0 atom stereocenters. The van der Waals surface area contributed by atoms with E-state index < -0.39 is 0 Å². The molecule has 0 unspecified atom stereocenters. The van der Waals surface area contributed by atoms with E-state index in [-0.39, 0.29) is 5.91 Å². The zero-order valence-corrected chi connectivity index (χ0v) is 17.1. The molecule has 0 aliphatic rings. The molecule has 1 N–H and O–H groups in total. The molecule has 0 aliphatic heterocycles. The molecule has 4 nitrogen and oxygen atoms in total. The van der Waals surface area contributed by atoms with Gasteiger partial charge in [0.15, 0.2) is 5.82 Å². The maximum Gasteiger partial charge on any atom is 0.265 e. The topological polar surface area (TPSA) is 46.9 Å². The van der Waals surface area contributed by atoms with Gasteiger partial charge in [-0.2, -0.15) is 0 Å². The summed E-state index contributed by atoms with van der Waals surface area (Å²) in [6.07, 6.45) is 1.03. The summed E-state index contributed by atoms with van der Waals surface area (Å²) in [6, 6.07) is 18.1. The fourth-order valence-electron chi connectivity index (χ4n) is 3.35. The average Bonchev–Trinajstić information content (AvgIpc) is 3.30. The van der Waals surface area contributed by atoms with E-state index in [2.05, 4.69) is 22.9 Å². The zero-order chi connectivity index (χ0) is 19.7. The highest BCUT2D eigenvalue weighted by Gasteiger charge is 2.17. The summed E-state index contributed by atoms with van der Waals surface area (Å²) < 4.78 is 2.24. The van der Waals surface area contributed by atoms with Crippen LogP contribution in [0.3, 0.4) is 0 Å². The molecule has 4 rings (SSSR count). The van der Waals surface area contributed by atoms with Crippen molar-refractivity contribution in [3.8, 4) is 10.7 Å². The van der Waals surface area contributed by atoms with Crippen molar-refractivity contribution in [2.24, 2.45) is 0 Å². The Morgan fingerprint density at radius 1 is 1.11 bits per heavy atom. The Bertz CT molecular complexity index is 1160.